The largest absolute Gasteiger partial charge is 0.393 e. The summed E-state index contributed by atoms with van der Waals surface area (Å²) < 4.78 is 0. The molecule has 0 aromatic heterocycles. The van der Waals surface area contributed by atoms with Crippen molar-refractivity contribution in [2.24, 2.45) is 0 Å². The van der Waals surface area contributed by atoms with Gasteiger partial charge < -0.3 is 5.11 Å². The highest BCUT2D eigenvalue weighted by molar-refractivity contribution is 5.28. The van der Waals surface area contributed by atoms with E-state index in [4.69, 9.17) is 6.42 Å². The van der Waals surface area contributed by atoms with E-state index in [9.17, 15) is 5.11 Å². The second-order valence-electron chi connectivity index (χ2n) is 4.10. The van der Waals surface area contributed by atoms with Gasteiger partial charge in [0.1, 0.15) is 0 Å². The lowest BCUT2D eigenvalue weighted by molar-refractivity contribution is 0.166. The zero-order valence-corrected chi connectivity index (χ0v) is 9.46. The second kappa shape index (κ2) is 5.58. The molecule has 1 aromatic carbocycles. The van der Waals surface area contributed by atoms with E-state index in [1.54, 1.807) is 0 Å². The molecule has 0 saturated carbocycles. The summed E-state index contributed by atoms with van der Waals surface area (Å²) in [6.45, 7) is 4.15. The maximum absolute atomic E-state index is 9.72. The van der Waals surface area contributed by atoms with Gasteiger partial charge in [-0.1, -0.05) is 29.3 Å². The average molecular weight is 202 g/mol. The molecule has 0 heterocycles. The van der Waals surface area contributed by atoms with Gasteiger partial charge in [-0.2, -0.15) is 0 Å². The van der Waals surface area contributed by atoms with Crippen molar-refractivity contribution < 1.29 is 5.11 Å². The van der Waals surface area contributed by atoms with Crippen molar-refractivity contribution in [3.63, 3.8) is 0 Å². The van der Waals surface area contributed by atoms with E-state index < -0.39 is 0 Å². The Kier molecular flexibility index (Phi) is 4.39. The first kappa shape index (κ1) is 11.8. The fourth-order valence-electron chi connectivity index (χ4n) is 1.81. The van der Waals surface area contributed by atoms with Crippen LogP contribution in [0.5, 0.6) is 0 Å². The minimum Gasteiger partial charge on any atom is -0.393 e. The summed E-state index contributed by atoms with van der Waals surface area (Å²) in [4.78, 5) is 0. The van der Waals surface area contributed by atoms with Gasteiger partial charge >= 0.3 is 0 Å². The molecular weight excluding hydrogens is 184 g/mol. The molecular formula is C14H18O. The second-order valence-corrected chi connectivity index (χ2v) is 4.10. The summed E-state index contributed by atoms with van der Waals surface area (Å²) in [5.74, 6) is 2.55. The Morgan fingerprint density at radius 2 is 1.87 bits per heavy atom. The van der Waals surface area contributed by atoms with Crippen LogP contribution in [-0.2, 0) is 6.42 Å². The van der Waals surface area contributed by atoms with Gasteiger partial charge in [0, 0.05) is 6.42 Å². The molecule has 0 saturated heterocycles. The Morgan fingerprint density at radius 1 is 1.27 bits per heavy atom. The Labute approximate surface area is 92.1 Å². The van der Waals surface area contributed by atoms with E-state index in [1.165, 1.54) is 16.7 Å². The third kappa shape index (κ3) is 4.18. The first-order valence-corrected chi connectivity index (χ1v) is 5.30. The molecule has 80 valence electrons. The van der Waals surface area contributed by atoms with Crippen LogP contribution in [0, 0.1) is 26.2 Å². The summed E-state index contributed by atoms with van der Waals surface area (Å²) in [7, 11) is 0. The summed E-state index contributed by atoms with van der Waals surface area (Å²) in [6.07, 6.45) is 6.87. The van der Waals surface area contributed by atoms with Gasteiger partial charge in [-0.25, -0.2) is 0 Å². The third-order valence-electron chi connectivity index (χ3n) is 2.37. The monoisotopic (exact) mass is 202 g/mol. The zero-order valence-electron chi connectivity index (χ0n) is 9.46. The Balaban J connectivity index is 2.60. The van der Waals surface area contributed by atoms with Crippen LogP contribution >= 0.6 is 0 Å². The van der Waals surface area contributed by atoms with E-state index >= 15 is 0 Å². The Bertz CT molecular complexity index is 340. The van der Waals surface area contributed by atoms with Crippen LogP contribution in [0.3, 0.4) is 0 Å². The van der Waals surface area contributed by atoms with Crippen molar-refractivity contribution in [3.8, 4) is 12.3 Å². The molecule has 1 aromatic rings. The number of aryl methyl sites for hydroxylation is 2. The van der Waals surface area contributed by atoms with Crippen molar-refractivity contribution in [1.29, 1.82) is 0 Å². The fraction of sp³-hybridized carbons (Fsp3) is 0.429. The molecule has 0 aliphatic carbocycles. The number of hydrogen-bond donors (Lipinski definition) is 1. The SMILES string of the molecule is C#CCCC(O)Cc1cc(C)cc(C)c1. The van der Waals surface area contributed by atoms with Crippen molar-refractivity contribution in [1.82, 2.24) is 0 Å². The molecule has 0 radical (unpaired) electrons. The van der Waals surface area contributed by atoms with Crippen LogP contribution in [0.2, 0.25) is 0 Å². The van der Waals surface area contributed by atoms with Crippen molar-refractivity contribution in [3.05, 3.63) is 34.9 Å². The van der Waals surface area contributed by atoms with Gasteiger partial charge in [-0.05, 0) is 32.3 Å². The standard InChI is InChI=1S/C14H18O/c1-4-5-6-14(15)10-13-8-11(2)7-12(3)9-13/h1,7-9,14-15H,5-6,10H2,2-3H3. The fourth-order valence-corrected chi connectivity index (χ4v) is 1.81. The van der Waals surface area contributed by atoms with Gasteiger partial charge in [0.05, 0.1) is 6.10 Å². The summed E-state index contributed by atoms with van der Waals surface area (Å²) in [5.41, 5.74) is 3.68. The van der Waals surface area contributed by atoms with Crippen LogP contribution in [-0.4, -0.2) is 11.2 Å². The lowest BCUT2D eigenvalue weighted by atomic mass is 10.0. The Morgan fingerprint density at radius 3 is 2.40 bits per heavy atom. The summed E-state index contributed by atoms with van der Waals surface area (Å²) in [6, 6.07) is 6.37. The normalized spacial score (nSPS) is 12.1. The summed E-state index contributed by atoms with van der Waals surface area (Å²) in [5, 5.41) is 9.72. The first-order chi connectivity index (χ1) is 7.11. The quantitative estimate of drug-likeness (QED) is 0.744. The maximum atomic E-state index is 9.72. The molecule has 0 fully saturated rings. The van der Waals surface area contributed by atoms with Crippen LogP contribution in [0.1, 0.15) is 29.5 Å². The molecule has 0 spiro atoms. The molecule has 1 nitrogen and oxygen atoms in total. The molecule has 1 unspecified atom stereocenters. The van der Waals surface area contributed by atoms with Gasteiger partial charge in [0.15, 0.2) is 0 Å². The third-order valence-corrected chi connectivity index (χ3v) is 2.37. The molecule has 0 bridgehead atoms. The van der Waals surface area contributed by atoms with Crippen LogP contribution in [0.15, 0.2) is 18.2 Å². The lowest BCUT2D eigenvalue weighted by Crippen LogP contribution is -2.10. The first-order valence-electron chi connectivity index (χ1n) is 5.30. The molecule has 0 aliphatic heterocycles. The van der Waals surface area contributed by atoms with E-state index in [1.807, 2.05) is 0 Å². The molecule has 1 heteroatoms. The highest BCUT2D eigenvalue weighted by Gasteiger charge is 2.05. The van der Waals surface area contributed by atoms with Gasteiger partial charge in [0.25, 0.3) is 0 Å². The molecule has 1 atom stereocenters. The molecule has 15 heavy (non-hydrogen) atoms. The molecule has 0 aliphatic rings. The van der Waals surface area contributed by atoms with Crippen LogP contribution in [0.4, 0.5) is 0 Å². The molecule has 0 amide bonds. The van der Waals surface area contributed by atoms with Crippen molar-refractivity contribution in [2.45, 2.75) is 39.2 Å². The predicted molar refractivity (Wildman–Crippen MR) is 63.7 cm³/mol. The average Bonchev–Trinajstić information content (AvgIpc) is 2.13. The van der Waals surface area contributed by atoms with Gasteiger partial charge in [0.2, 0.25) is 0 Å². The van der Waals surface area contributed by atoms with Gasteiger partial charge in [-0.15, -0.1) is 12.3 Å². The van der Waals surface area contributed by atoms with E-state index in [-0.39, 0.29) is 6.10 Å². The van der Waals surface area contributed by atoms with Crippen LogP contribution in [0.25, 0.3) is 0 Å². The Hall–Kier alpha value is -1.26. The topological polar surface area (TPSA) is 20.2 Å². The highest BCUT2D eigenvalue weighted by Crippen LogP contribution is 2.12. The minimum absolute atomic E-state index is 0.317. The van der Waals surface area contributed by atoms with E-state index in [0.29, 0.717) is 19.3 Å². The van der Waals surface area contributed by atoms with E-state index in [2.05, 4.69) is 38.0 Å². The summed E-state index contributed by atoms with van der Waals surface area (Å²) >= 11 is 0. The number of hydrogen-bond acceptors (Lipinski definition) is 1. The van der Waals surface area contributed by atoms with Gasteiger partial charge in [-0.3, -0.25) is 0 Å². The zero-order chi connectivity index (χ0) is 11.3. The minimum atomic E-state index is -0.317. The highest BCUT2D eigenvalue weighted by atomic mass is 16.3. The number of aliphatic hydroxyl groups excluding tert-OH is 1. The molecule has 1 rings (SSSR count). The number of rotatable bonds is 4. The number of benzene rings is 1. The molecule has 1 N–H and O–H groups in total. The maximum Gasteiger partial charge on any atom is 0.0589 e. The lowest BCUT2D eigenvalue weighted by Gasteiger charge is -2.10. The van der Waals surface area contributed by atoms with Crippen molar-refractivity contribution in [2.75, 3.05) is 0 Å². The van der Waals surface area contributed by atoms with Crippen molar-refractivity contribution >= 4 is 0 Å². The smallest absolute Gasteiger partial charge is 0.0589 e. The predicted octanol–water partition coefficient (Wildman–Crippen LogP) is 2.62. The number of terminal acetylenes is 1. The van der Waals surface area contributed by atoms with E-state index in [0.717, 1.165) is 0 Å². The number of aliphatic hydroxyl groups is 1. The van der Waals surface area contributed by atoms with Crippen LogP contribution < -0.4 is 0 Å².